The first-order chi connectivity index (χ1) is 26.1. The van der Waals surface area contributed by atoms with Crippen LogP contribution in [-0.2, 0) is 0 Å². The van der Waals surface area contributed by atoms with Gasteiger partial charge < -0.3 is 9.13 Å². The Morgan fingerprint density at radius 1 is 0.509 bits per heavy atom. The van der Waals surface area contributed by atoms with Crippen LogP contribution in [0.25, 0.3) is 91.1 Å². The van der Waals surface area contributed by atoms with Crippen molar-refractivity contribution < 1.29 is 0 Å². The first-order valence-corrected chi connectivity index (χ1v) is 17.7. The lowest BCUT2D eigenvalue weighted by atomic mass is 9.92. The van der Waals surface area contributed by atoms with E-state index in [4.69, 9.17) is 6.57 Å². The maximum atomic E-state index is 11.1. The molecule has 10 rings (SSSR count). The normalized spacial score (nSPS) is 11.3. The van der Waals surface area contributed by atoms with Crippen LogP contribution < -0.4 is 0 Å². The highest BCUT2D eigenvalue weighted by molar-refractivity contribution is 7.26. The zero-order chi connectivity index (χ0) is 35.8. The van der Waals surface area contributed by atoms with Gasteiger partial charge in [0.25, 0.3) is 0 Å². The zero-order valence-electron chi connectivity index (χ0n) is 27.8. The SMILES string of the molecule is [C-]#[N+]c1ccc(-c2cc(C#N)cc(C#N)c2-n2c3ccccc3c3c4c(ccc32)sc2ccccc24)c(C#N)c1-n1c2ccccc2c2ccccc21. The molecule has 3 heterocycles. The second-order valence-corrected chi connectivity index (χ2v) is 14.0. The average molecular weight is 691 g/mol. The van der Waals surface area contributed by atoms with E-state index >= 15 is 0 Å². The molecule has 0 aliphatic rings. The standard InChI is InChI=1S/C46H22N6S/c1-50-36-19-18-29(35(26-49)46(36)51-37-14-6-2-10-30(37)31-11-3-7-15-38(31)51)34-23-27(24-47)22-28(25-48)45(34)52-39-16-8-4-12-32(39)43-40(52)20-21-42-44(43)33-13-5-9-17-41(33)53-42/h2-23H. The van der Waals surface area contributed by atoms with Crippen molar-refractivity contribution in [1.82, 2.24) is 9.13 Å². The predicted octanol–water partition coefficient (Wildman–Crippen LogP) is 12.1. The molecule has 0 unspecified atom stereocenters. The van der Waals surface area contributed by atoms with E-state index in [9.17, 15) is 15.8 Å². The molecule has 3 aromatic heterocycles. The molecule has 0 atom stereocenters. The third kappa shape index (κ3) is 4.15. The third-order valence-corrected chi connectivity index (χ3v) is 11.4. The van der Waals surface area contributed by atoms with Gasteiger partial charge >= 0.3 is 0 Å². The van der Waals surface area contributed by atoms with Crippen LogP contribution in [0.2, 0.25) is 0 Å². The molecule has 7 aromatic carbocycles. The number of benzene rings is 7. The molecule has 0 radical (unpaired) electrons. The van der Waals surface area contributed by atoms with Crippen molar-refractivity contribution in [2.75, 3.05) is 0 Å². The van der Waals surface area contributed by atoms with Gasteiger partial charge in [0, 0.05) is 52.8 Å². The summed E-state index contributed by atoms with van der Waals surface area (Å²) in [5.74, 6) is 0. The van der Waals surface area contributed by atoms with Crippen molar-refractivity contribution in [2.45, 2.75) is 0 Å². The van der Waals surface area contributed by atoms with Gasteiger partial charge in [0.15, 0.2) is 0 Å². The Morgan fingerprint density at radius 3 is 1.79 bits per heavy atom. The Balaban J connectivity index is 1.37. The molecule has 0 aliphatic carbocycles. The van der Waals surface area contributed by atoms with Crippen LogP contribution in [0.15, 0.2) is 133 Å². The molecule has 53 heavy (non-hydrogen) atoms. The summed E-state index contributed by atoms with van der Waals surface area (Å²) in [4.78, 5) is 3.92. The first kappa shape index (κ1) is 30.2. The lowest BCUT2D eigenvalue weighted by molar-refractivity contribution is 1.16. The minimum Gasteiger partial charge on any atom is -0.318 e. The Morgan fingerprint density at radius 2 is 1.13 bits per heavy atom. The number of fused-ring (bicyclic) bond motifs is 10. The quantitative estimate of drug-likeness (QED) is 0.173. The van der Waals surface area contributed by atoms with Gasteiger partial charge in [-0.05, 0) is 48.5 Å². The summed E-state index contributed by atoms with van der Waals surface area (Å²) in [7, 11) is 0. The highest BCUT2D eigenvalue weighted by atomic mass is 32.1. The van der Waals surface area contributed by atoms with Crippen molar-refractivity contribution in [3.05, 3.63) is 162 Å². The fraction of sp³-hybridized carbons (Fsp3) is 0. The number of nitriles is 3. The molecule has 0 saturated carbocycles. The lowest BCUT2D eigenvalue weighted by Gasteiger charge is -2.20. The Labute approximate surface area is 306 Å². The van der Waals surface area contributed by atoms with E-state index in [1.54, 1.807) is 35.6 Å². The van der Waals surface area contributed by atoms with Crippen LogP contribution >= 0.6 is 11.3 Å². The highest BCUT2D eigenvalue weighted by Crippen LogP contribution is 2.47. The number of rotatable bonds is 3. The third-order valence-electron chi connectivity index (χ3n) is 10.2. The molecule has 10 aromatic rings. The van der Waals surface area contributed by atoms with E-state index < -0.39 is 0 Å². The molecule has 7 heteroatoms. The van der Waals surface area contributed by atoms with Gasteiger partial charge in [-0.15, -0.1) is 11.3 Å². The average Bonchev–Trinajstić information content (AvgIpc) is 3.87. The van der Waals surface area contributed by atoms with Gasteiger partial charge in [-0.1, -0.05) is 84.9 Å². The summed E-state index contributed by atoms with van der Waals surface area (Å²) >= 11 is 1.75. The van der Waals surface area contributed by atoms with E-state index in [0.29, 0.717) is 39.3 Å². The van der Waals surface area contributed by atoms with Gasteiger partial charge in [-0.25, -0.2) is 4.85 Å². The van der Waals surface area contributed by atoms with Crippen LogP contribution in [0.3, 0.4) is 0 Å². The molecule has 6 nitrogen and oxygen atoms in total. The fourth-order valence-corrected chi connectivity index (χ4v) is 9.26. The number of hydrogen-bond acceptors (Lipinski definition) is 4. The second-order valence-electron chi connectivity index (χ2n) is 12.9. The van der Waals surface area contributed by atoms with Gasteiger partial charge in [0.1, 0.15) is 12.1 Å². The van der Waals surface area contributed by atoms with E-state index in [1.807, 2.05) is 65.2 Å². The summed E-state index contributed by atoms with van der Waals surface area (Å²) in [5.41, 5.74) is 6.82. The highest BCUT2D eigenvalue weighted by Gasteiger charge is 2.26. The molecule has 0 N–H and O–H groups in total. The second kappa shape index (κ2) is 11.4. The van der Waals surface area contributed by atoms with Crippen molar-refractivity contribution in [3.8, 4) is 40.7 Å². The van der Waals surface area contributed by atoms with Crippen molar-refractivity contribution in [2.24, 2.45) is 0 Å². The molecular formula is C46H22N6S. The molecule has 0 amide bonds. The van der Waals surface area contributed by atoms with Gasteiger partial charge in [-0.2, -0.15) is 15.8 Å². The summed E-state index contributed by atoms with van der Waals surface area (Å²) in [5, 5.41) is 38.6. The van der Waals surface area contributed by atoms with E-state index in [2.05, 4.69) is 76.2 Å². The number of nitrogens with zero attached hydrogens (tertiary/aromatic N) is 6. The van der Waals surface area contributed by atoms with Gasteiger partial charge in [-0.3, -0.25) is 0 Å². The van der Waals surface area contributed by atoms with E-state index in [0.717, 1.165) is 49.0 Å². The van der Waals surface area contributed by atoms with Crippen molar-refractivity contribution in [1.29, 1.82) is 15.8 Å². The smallest absolute Gasteiger partial charge is 0.211 e. The van der Waals surface area contributed by atoms with E-state index in [-0.39, 0.29) is 5.56 Å². The van der Waals surface area contributed by atoms with Gasteiger partial charge in [0.05, 0.1) is 62.8 Å². The topological polar surface area (TPSA) is 85.6 Å². The molecule has 0 bridgehead atoms. The van der Waals surface area contributed by atoms with Crippen LogP contribution in [0.5, 0.6) is 0 Å². The molecule has 0 aliphatic heterocycles. The maximum Gasteiger partial charge on any atom is 0.211 e. The summed E-state index contributed by atoms with van der Waals surface area (Å²) < 4.78 is 6.47. The van der Waals surface area contributed by atoms with Crippen LogP contribution in [0.1, 0.15) is 16.7 Å². The molecule has 0 fully saturated rings. The molecular weight excluding hydrogens is 669 g/mol. The monoisotopic (exact) mass is 690 g/mol. The minimum absolute atomic E-state index is 0.275. The minimum atomic E-state index is 0.275. The lowest BCUT2D eigenvalue weighted by Crippen LogP contribution is -2.05. The van der Waals surface area contributed by atoms with Crippen molar-refractivity contribution in [3.63, 3.8) is 0 Å². The Kier molecular flexibility index (Phi) is 6.50. The molecule has 242 valence electrons. The number of hydrogen-bond donors (Lipinski definition) is 0. The fourth-order valence-electron chi connectivity index (χ4n) is 8.14. The largest absolute Gasteiger partial charge is 0.318 e. The van der Waals surface area contributed by atoms with Crippen molar-refractivity contribution >= 4 is 80.8 Å². The maximum absolute atomic E-state index is 11.1. The summed E-state index contributed by atoms with van der Waals surface area (Å²) in [6, 6.07) is 50.8. The van der Waals surface area contributed by atoms with Crippen LogP contribution in [-0.4, -0.2) is 9.13 Å². The van der Waals surface area contributed by atoms with Crippen LogP contribution in [0, 0.1) is 40.6 Å². The van der Waals surface area contributed by atoms with Gasteiger partial charge in [0.2, 0.25) is 5.69 Å². The molecule has 0 spiro atoms. The molecule has 0 saturated heterocycles. The number of aromatic nitrogens is 2. The first-order valence-electron chi connectivity index (χ1n) is 16.9. The number of para-hydroxylation sites is 3. The summed E-state index contributed by atoms with van der Waals surface area (Å²) in [6.45, 7) is 8.24. The summed E-state index contributed by atoms with van der Waals surface area (Å²) in [6.07, 6.45) is 0. The predicted molar refractivity (Wildman–Crippen MR) is 214 cm³/mol. The Hall–Kier alpha value is -7.68. The zero-order valence-corrected chi connectivity index (χ0v) is 28.6. The Bertz CT molecular complexity index is 3350. The van der Waals surface area contributed by atoms with E-state index in [1.165, 1.54) is 14.8 Å². The van der Waals surface area contributed by atoms with Crippen LogP contribution in [0.4, 0.5) is 5.69 Å². The number of thiophene rings is 1.